The summed E-state index contributed by atoms with van der Waals surface area (Å²) in [6.45, 7) is 10.2. The van der Waals surface area contributed by atoms with Crippen LogP contribution in [0.15, 0.2) is 23.3 Å². The van der Waals surface area contributed by atoms with Crippen LogP contribution in [0.3, 0.4) is 0 Å². The van der Waals surface area contributed by atoms with Gasteiger partial charge in [0.25, 0.3) is 0 Å². The lowest BCUT2D eigenvalue weighted by Gasteiger charge is -2.26. The fourth-order valence-corrected chi connectivity index (χ4v) is 4.36. The van der Waals surface area contributed by atoms with Gasteiger partial charge in [-0.1, -0.05) is 6.58 Å². The van der Waals surface area contributed by atoms with Crippen molar-refractivity contribution in [3.63, 3.8) is 0 Å². The molecule has 1 aliphatic carbocycles. The van der Waals surface area contributed by atoms with Gasteiger partial charge in [-0.25, -0.2) is 9.59 Å². The van der Waals surface area contributed by atoms with E-state index < -0.39 is 41.3 Å². The Labute approximate surface area is 169 Å². The molecule has 0 aromatic rings. The van der Waals surface area contributed by atoms with Crippen molar-refractivity contribution >= 4 is 17.9 Å². The van der Waals surface area contributed by atoms with Gasteiger partial charge < -0.3 is 23.7 Å². The van der Waals surface area contributed by atoms with Gasteiger partial charge in [-0.2, -0.15) is 0 Å². The Morgan fingerprint density at radius 1 is 1.21 bits per heavy atom. The number of carbonyl (C=O) groups excluding carboxylic acids is 3. The molecule has 3 fully saturated rings. The highest BCUT2D eigenvalue weighted by molar-refractivity contribution is 5.94. The Kier molecular flexibility index (Phi) is 4.62. The molecule has 0 bridgehead atoms. The van der Waals surface area contributed by atoms with E-state index >= 15 is 0 Å². The Morgan fingerprint density at radius 2 is 1.93 bits per heavy atom. The standard InChI is InChI=1S/C21H26O8/c1-10(2)18(23)26-13-8-21(5)14(28-21)6-7-20(4)17(29-20)16-15(13)12(19(24)27-16)9-25-11(3)22/h13-14,16-17H,1,6-9H2,2-5H3. The third-order valence-corrected chi connectivity index (χ3v) is 6.24. The lowest BCUT2D eigenvalue weighted by atomic mass is 9.83. The molecular weight excluding hydrogens is 380 g/mol. The van der Waals surface area contributed by atoms with Crippen LogP contribution in [-0.2, 0) is 38.1 Å². The average molecular weight is 406 g/mol. The molecule has 6 atom stereocenters. The average Bonchev–Trinajstić information content (AvgIpc) is 3.44. The summed E-state index contributed by atoms with van der Waals surface area (Å²) in [5.74, 6) is -1.67. The minimum Gasteiger partial charge on any atom is -0.461 e. The fourth-order valence-electron chi connectivity index (χ4n) is 4.36. The van der Waals surface area contributed by atoms with E-state index in [4.69, 9.17) is 23.7 Å². The third-order valence-electron chi connectivity index (χ3n) is 6.24. The Bertz CT molecular complexity index is 829. The summed E-state index contributed by atoms with van der Waals surface area (Å²) in [5.41, 5.74) is 0.0199. The van der Waals surface area contributed by atoms with E-state index in [2.05, 4.69) is 6.58 Å². The van der Waals surface area contributed by atoms with Crippen molar-refractivity contribution in [1.82, 2.24) is 0 Å². The molecule has 158 valence electrons. The minimum absolute atomic E-state index is 0.0299. The largest absolute Gasteiger partial charge is 0.461 e. The zero-order chi connectivity index (χ0) is 21.1. The van der Waals surface area contributed by atoms with Crippen molar-refractivity contribution in [2.45, 2.75) is 82.6 Å². The number of ether oxygens (including phenoxy) is 5. The normalized spacial score (nSPS) is 40.1. The van der Waals surface area contributed by atoms with Crippen LogP contribution in [0, 0.1) is 0 Å². The molecule has 8 nitrogen and oxygen atoms in total. The molecule has 3 heterocycles. The first-order chi connectivity index (χ1) is 13.5. The highest BCUT2D eigenvalue weighted by atomic mass is 16.7. The number of hydrogen-bond acceptors (Lipinski definition) is 8. The van der Waals surface area contributed by atoms with Crippen molar-refractivity contribution in [2.75, 3.05) is 6.61 Å². The number of rotatable bonds is 4. The first-order valence-corrected chi connectivity index (χ1v) is 9.83. The summed E-state index contributed by atoms with van der Waals surface area (Å²) >= 11 is 0. The Morgan fingerprint density at radius 3 is 2.59 bits per heavy atom. The van der Waals surface area contributed by atoms with Gasteiger partial charge >= 0.3 is 17.9 Å². The molecule has 0 aromatic carbocycles. The Hall–Kier alpha value is -2.19. The van der Waals surface area contributed by atoms with E-state index in [9.17, 15) is 14.4 Å². The van der Waals surface area contributed by atoms with Crippen LogP contribution < -0.4 is 0 Å². The highest BCUT2D eigenvalue weighted by Gasteiger charge is 2.65. The number of epoxide rings is 2. The van der Waals surface area contributed by atoms with Gasteiger partial charge in [-0.3, -0.25) is 4.79 Å². The van der Waals surface area contributed by atoms with E-state index in [0.29, 0.717) is 12.0 Å². The second-order valence-electron chi connectivity index (χ2n) is 8.73. The topological polar surface area (TPSA) is 104 Å². The first kappa shape index (κ1) is 20.1. The molecule has 2 saturated heterocycles. The molecule has 6 unspecified atom stereocenters. The van der Waals surface area contributed by atoms with Crippen LogP contribution in [0.25, 0.3) is 0 Å². The zero-order valence-electron chi connectivity index (χ0n) is 17.1. The van der Waals surface area contributed by atoms with Crippen LogP contribution in [-0.4, -0.2) is 60.1 Å². The van der Waals surface area contributed by atoms with Crippen LogP contribution in [0.4, 0.5) is 0 Å². The van der Waals surface area contributed by atoms with Crippen LogP contribution >= 0.6 is 0 Å². The zero-order valence-corrected chi connectivity index (χ0v) is 17.1. The van der Waals surface area contributed by atoms with Crippen molar-refractivity contribution in [1.29, 1.82) is 0 Å². The monoisotopic (exact) mass is 406 g/mol. The number of carbonyl (C=O) groups is 3. The molecule has 3 aliphatic heterocycles. The van der Waals surface area contributed by atoms with E-state index in [-0.39, 0.29) is 30.0 Å². The highest BCUT2D eigenvalue weighted by Crippen LogP contribution is 2.54. The summed E-state index contributed by atoms with van der Waals surface area (Å²) in [6, 6.07) is 0. The lowest BCUT2D eigenvalue weighted by molar-refractivity contribution is -0.144. The summed E-state index contributed by atoms with van der Waals surface area (Å²) in [4.78, 5) is 36.3. The van der Waals surface area contributed by atoms with Gasteiger partial charge in [0.2, 0.25) is 0 Å². The molecule has 1 saturated carbocycles. The van der Waals surface area contributed by atoms with Crippen molar-refractivity contribution in [3.8, 4) is 0 Å². The molecule has 8 heteroatoms. The first-order valence-electron chi connectivity index (χ1n) is 9.83. The summed E-state index contributed by atoms with van der Waals surface area (Å²) < 4.78 is 28.3. The van der Waals surface area contributed by atoms with E-state index in [1.165, 1.54) is 6.92 Å². The molecular formula is C21H26O8. The fraction of sp³-hybridized carbons (Fsp3) is 0.667. The van der Waals surface area contributed by atoms with Gasteiger partial charge in [0.15, 0.2) is 6.10 Å². The maximum absolute atomic E-state index is 12.6. The molecule has 4 aliphatic rings. The molecule has 0 N–H and O–H groups in total. The predicted octanol–water partition coefficient (Wildman–Crippen LogP) is 1.76. The number of fused-ring (bicyclic) bond motifs is 4. The van der Waals surface area contributed by atoms with Crippen LogP contribution in [0.5, 0.6) is 0 Å². The summed E-state index contributed by atoms with van der Waals surface area (Å²) in [6.07, 6.45) is 0.168. The molecule has 4 rings (SSSR count). The van der Waals surface area contributed by atoms with Crippen molar-refractivity contribution in [2.24, 2.45) is 0 Å². The molecule has 0 radical (unpaired) electrons. The molecule has 0 spiro atoms. The third kappa shape index (κ3) is 3.59. The number of hydrogen-bond donors (Lipinski definition) is 0. The maximum Gasteiger partial charge on any atom is 0.338 e. The summed E-state index contributed by atoms with van der Waals surface area (Å²) in [5, 5.41) is 0. The lowest BCUT2D eigenvalue weighted by Crippen LogP contribution is -2.36. The van der Waals surface area contributed by atoms with E-state index in [0.717, 1.165) is 12.8 Å². The Balaban J connectivity index is 1.75. The van der Waals surface area contributed by atoms with Gasteiger partial charge in [0.1, 0.15) is 18.8 Å². The molecule has 29 heavy (non-hydrogen) atoms. The van der Waals surface area contributed by atoms with Crippen LogP contribution in [0.2, 0.25) is 0 Å². The van der Waals surface area contributed by atoms with Gasteiger partial charge in [0, 0.05) is 24.5 Å². The summed E-state index contributed by atoms with van der Waals surface area (Å²) in [7, 11) is 0. The van der Waals surface area contributed by atoms with E-state index in [1.807, 2.05) is 13.8 Å². The number of esters is 3. The molecule has 0 aromatic heterocycles. The second kappa shape index (κ2) is 6.67. The predicted molar refractivity (Wildman–Crippen MR) is 98.6 cm³/mol. The van der Waals surface area contributed by atoms with Gasteiger partial charge in [0.05, 0.1) is 22.9 Å². The van der Waals surface area contributed by atoms with Gasteiger partial charge in [-0.05, 0) is 33.6 Å². The van der Waals surface area contributed by atoms with Gasteiger partial charge in [-0.15, -0.1) is 0 Å². The second-order valence-corrected chi connectivity index (χ2v) is 8.73. The SMILES string of the molecule is C=C(C)C(=O)OC1CC2(C)OC2CCC2(C)OC2C2OC(=O)C(COC(C)=O)=C12. The molecule has 0 amide bonds. The minimum atomic E-state index is -0.775. The maximum atomic E-state index is 12.6. The van der Waals surface area contributed by atoms with Crippen LogP contribution in [0.1, 0.15) is 47.0 Å². The quantitative estimate of drug-likeness (QED) is 0.301. The van der Waals surface area contributed by atoms with Crippen molar-refractivity contribution < 1.29 is 38.1 Å². The van der Waals surface area contributed by atoms with E-state index in [1.54, 1.807) is 6.92 Å². The smallest absolute Gasteiger partial charge is 0.338 e. The van der Waals surface area contributed by atoms with Crippen molar-refractivity contribution in [3.05, 3.63) is 23.3 Å².